The number of carbonyl (C=O) groups excluding carboxylic acids is 1. The molecule has 8 nitrogen and oxygen atoms in total. The fourth-order valence-corrected chi connectivity index (χ4v) is 3.09. The zero-order valence-electron chi connectivity index (χ0n) is 14.9. The molecular formula is C18H23N5O3. The Kier molecular flexibility index (Phi) is 5.60. The molecule has 0 aliphatic heterocycles. The number of amides is 1. The molecule has 1 aliphatic rings. The van der Waals surface area contributed by atoms with Crippen LogP contribution in [0.5, 0.6) is 0 Å². The molecule has 1 N–H and O–H groups in total. The largest absolute Gasteiger partial charge is 0.353 e. The Labute approximate surface area is 150 Å². The lowest BCUT2D eigenvalue weighted by Crippen LogP contribution is -2.36. The molecule has 2 aromatic rings. The van der Waals surface area contributed by atoms with Crippen LogP contribution in [0.15, 0.2) is 28.0 Å². The predicted molar refractivity (Wildman–Crippen MR) is 96.0 cm³/mol. The van der Waals surface area contributed by atoms with Crippen LogP contribution in [-0.4, -0.2) is 31.8 Å². The number of rotatable bonds is 7. The molecule has 0 unspecified atom stereocenters. The monoisotopic (exact) mass is 357 g/mol. The lowest BCUT2D eigenvalue weighted by molar-refractivity contribution is -0.121. The first-order chi connectivity index (χ1) is 12.6. The first-order valence-electron chi connectivity index (χ1n) is 8.99. The maximum atomic E-state index is 12.0. The molecule has 0 fully saturated rings. The number of aromatic nitrogens is 4. The normalized spacial score (nSPS) is 12.8. The van der Waals surface area contributed by atoms with Crippen LogP contribution in [0.3, 0.4) is 0 Å². The number of nitrogens with one attached hydrogen (secondary N) is 1. The molecule has 0 aromatic carbocycles. The number of carbonyl (C=O) groups is 1. The van der Waals surface area contributed by atoms with Gasteiger partial charge in [0.15, 0.2) is 0 Å². The molecule has 0 saturated heterocycles. The summed E-state index contributed by atoms with van der Waals surface area (Å²) in [5.74, 6) is -0.300. The van der Waals surface area contributed by atoms with Gasteiger partial charge < -0.3 is 5.32 Å². The highest BCUT2D eigenvalue weighted by Gasteiger charge is 2.14. The Morgan fingerprint density at radius 2 is 2.08 bits per heavy atom. The molecule has 0 atom stereocenters. The topological polar surface area (TPSA) is 98.9 Å². The minimum atomic E-state index is -0.300. The van der Waals surface area contributed by atoms with Crippen molar-refractivity contribution >= 4 is 5.91 Å². The molecule has 138 valence electrons. The van der Waals surface area contributed by atoms with Gasteiger partial charge in [-0.25, -0.2) is 9.67 Å². The minimum absolute atomic E-state index is 0.0925. The zero-order valence-corrected chi connectivity index (χ0v) is 14.9. The summed E-state index contributed by atoms with van der Waals surface area (Å²) in [5, 5.41) is 7.08. The van der Waals surface area contributed by atoms with Crippen LogP contribution in [0.4, 0.5) is 0 Å². The lowest BCUT2D eigenvalue weighted by atomic mass is 10.2. The zero-order chi connectivity index (χ0) is 18.5. The van der Waals surface area contributed by atoms with Crippen LogP contribution < -0.4 is 16.4 Å². The highest BCUT2D eigenvalue weighted by Crippen LogP contribution is 2.16. The van der Waals surface area contributed by atoms with Gasteiger partial charge in [-0.05, 0) is 31.2 Å². The van der Waals surface area contributed by atoms with Crippen molar-refractivity contribution in [3.05, 3.63) is 56.1 Å². The molecule has 8 heteroatoms. The summed E-state index contributed by atoms with van der Waals surface area (Å²) >= 11 is 0. The Morgan fingerprint density at radius 1 is 1.23 bits per heavy atom. The molecule has 0 radical (unpaired) electrons. The molecule has 1 amide bonds. The summed E-state index contributed by atoms with van der Waals surface area (Å²) in [6.45, 7) is 2.51. The molecule has 0 spiro atoms. The second-order valence-electron chi connectivity index (χ2n) is 6.48. The first-order valence-corrected chi connectivity index (χ1v) is 8.99. The first kappa shape index (κ1) is 18.0. The number of fused-ring (bicyclic) bond motifs is 1. The van der Waals surface area contributed by atoms with Crippen molar-refractivity contribution in [2.45, 2.75) is 52.1 Å². The third-order valence-electron chi connectivity index (χ3n) is 4.43. The van der Waals surface area contributed by atoms with Crippen LogP contribution in [0.2, 0.25) is 0 Å². The summed E-state index contributed by atoms with van der Waals surface area (Å²) in [6, 6.07) is 3.10. The smallest absolute Gasteiger partial charge is 0.267 e. The second-order valence-corrected chi connectivity index (χ2v) is 6.48. The summed E-state index contributed by atoms with van der Waals surface area (Å²) in [6.07, 6.45) is 5.89. The number of hydrogen-bond acceptors (Lipinski definition) is 5. The van der Waals surface area contributed by atoms with Gasteiger partial charge in [0, 0.05) is 24.4 Å². The van der Waals surface area contributed by atoms with Crippen LogP contribution >= 0.6 is 0 Å². The lowest BCUT2D eigenvalue weighted by Gasteiger charge is -2.09. The molecule has 2 heterocycles. The van der Waals surface area contributed by atoms with Gasteiger partial charge in [-0.15, -0.1) is 0 Å². The van der Waals surface area contributed by atoms with Crippen LogP contribution in [-0.2, 0) is 37.1 Å². The Morgan fingerprint density at radius 3 is 2.85 bits per heavy atom. The number of aryl methyl sites for hydroxylation is 3. The van der Waals surface area contributed by atoms with E-state index >= 15 is 0 Å². The maximum absolute atomic E-state index is 12.0. The maximum Gasteiger partial charge on any atom is 0.267 e. The molecule has 0 saturated carbocycles. The van der Waals surface area contributed by atoms with E-state index in [2.05, 4.69) is 15.4 Å². The Bertz CT molecular complexity index is 916. The molecule has 1 aliphatic carbocycles. The van der Waals surface area contributed by atoms with Crippen molar-refractivity contribution < 1.29 is 4.79 Å². The quantitative estimate of drug-likeness (QED) is 0.755. The highest BCUT2D eigenvalue weighted by molar-refractivity contribution is 5.75. The SMILES string of the molecule is CCCc1cc(=O)n(CC(=O)NCCn2nc3c(cc2=O)CCC3)cn1. The van der Waals surface area contributed by atoms with Crippen LogP contribution in [0.1, 0.15) is 36.7 Å². The van der Waals surface area contributed by atoms with Gasteiger partial charge in [0.05, 0.1) is 18.6 Å². The average Bonchev–Trinajstić information content (AvgIpc) is 3.05. The van der Waals surface area contributed by atoms with E-state index in [1.54, 1.807) is 6.07 Å². The summed E-state index contributed by atoms with van der Waals surface area (Å²) in [7, 11) is 0. The van der Waals surface area contributed by atoms with Crippen LogP contribution in [0.25, 0.3) is 0 Å². The fraction of sp³-hybridized carbons (Fsp3) is 0.500. The van der Waals surface area contributed by atoms with E-state index in [0.29, 0.717) is 6.54 Å². The summed E-state index contributed by atoms with van der Waals surface area (Å²) in [4.78, 5) is 40.2. The Balaban J connectivity index is 1.53. The van der Waals surface area contributed by atoms with Gasteiger partial charge in [-0.2, -0.15) is 5.10 Å². The number of nitrogens with zero attached hydrogens (tertiary/aromatic N) is 4. The number of hydrogen-bond donors (Lipinski definition) is 1. The third kappa shape index (κ3) is 4.25. The second kappa shape index (κ2) is 8.07. The van der Waals surface area contributed by atoms with E-state index < -0.39 is 0 Å². The van der Waals surface area contributed by atoms with E-state index in [0.717, 1.165) is 49.1 Å². The van der Waals surface area contributed by atoms with Gasteiger partial charge in [-0.3, -0.25) is 19.0 Å². The highest BCUT2D eigenvalue weighted by atomic mass is 16.2. The van der Waals surface area contributed by atoms with Crippen LogP contribution in [0, 0.1) is 0 Å². The standard InChI is InChI=1S/C18H23N5O3/c1-2-4-14-10-17(25)22(12-20-14)11-16(24)19-7-8-23-18(26)9-13-5-3-6-15(13)21-23/h9-10,12H,2-8,11H2,1H3,(H,19,24). The summed E-state index contributed by atoms with van der Waals surface area (Å²) < 4.78 is 2.66. The van der Waals surface area contributed by atoms with Crippen molar-refractivity contribution in [3.63, 3.8) is 0 Å². The van der Waals surface area contributed by atoms with Gasteiger partial charge in [0.2, 0.25) is 5.91 Å². The van der Waals surface area contributed by atoms with E-state index in [9.17, 15) is 14.4 Å². The van der Waals surface area contributed by atoms with E-state index in [1.165, 1.54) is 21.6 Å². The van der Waals surface area contributed by atoms with E-state index in [-0.39, 0.29) is 30.1 Å². The minimum Gasteiger partial charge on any atom is -0.353 e. The van der Waals surface area contributed by atoms with E-state index in [1.807, 2.05) is 6.92 Å². The van der Waals surface area contributed by atoms with E-state index in [4.69, 9.17) is 0 Å². The molecular weight excluding hydrogens is 334 g/mol. The van der Waals surface area contributed by atoms with Crippen molar-refractivity contribution in [3.8, 4) is 0 Å². The van der Waals surface area contributed by atoms with Gasteiger partial charge in [0.1, 0.15) is 6.54 Å². The molecule has 3 rings (SSSR count). The van der Waals surface area contributed by atoms with Crippen molar-refractivity contribution in [1.29, 1.82) is 0 Å². The summed E-state index contributed by atoms with van der Waals surface area (Å²) in [5.41, 5.74) is 2.35. The van der Waals surface area contributed by atoms with Gasteiger partial charge in [-0.1, -0.05) is 13.3 Å². The van der Waals surface area contributed by atoms with Crippen molar-refractivity contribution in [2.24, 2.45) is 0 Å². The fourth-order valence-electron chi connectivity index (χ4n) is 3.09. The van der Waals surface area contributed by atoms with Gasteiger partial charge >= 0.3 is 0 Å². The predicted octanol–water partition coefficient (Wildman–Crippen LogP) is 0.0576. The third-order valence-corrected chi connectivity index (χ3v) is 4.43. The average molecular weight is 357 g/mol. The van der Waals surface area contributed by atoms with Crippen molar-refractivity contribution in [1.82, 2.24) is 24.6 Å². The van der Waals surface area contributed by atoms with Crippen molar-refractivity contribution in [2.75, 3.05) is 6.54 Å². The molecule has 26 heavy (non-hydrogen) atoms. The Hall–Kier alpha value is -2.77. The molecule has 0 bridgehead atoms. The molecule has 2 aromatic heterocycles. The van der Waals surface area contributed by atoms with Gasteiger partial charge in [0.25, 0.3) is 11.1 Å².